The van der Waals surface area contributed by atoms with Gasteiger partial charge in [-0.25, -0.2) is 13.4 Å². The molecule has 22 heavy (non-hydrogen) atoms. The molecule has 0 aliphatic heterocycles. The van der Waals surface area contributed by atoms with Crippen LogP contribution in [0.4, 0.5) is 11.5 Å². The lowest BCUT2D eigenvalue weighted by molar-refractivity contribution is 0.102. The van der Waals surface area contributed by atoms with Gasteiger partial charge in [0.2, 0.25) is 10.0 Å². The molecule has 1 aromatic heterocycles. The van der Waals surface area contributed by atoms with Gasteiger partial charge in [-0.3, -0.25) is 9.52 Å². The number of halogens is 1. The lowest BCUT2D eigenvalue weighted by Gasteiger charge is -2.10. The van der Waals surface area contributed by atoms with E-state index in [1.54, 1.807) is 31.2 Å². The zero-order chi connectivity index (χ0) is 16.3. The molecule has 1 heterocycles. The fourth-order valence-electron chi connectivity index (χ4n) is 1.71. The highest BCUT2D eigenvalue weighted by atomic mass is 35.5. The highest BCUT2D eigenvalue weighted by molar-refractivity contribution is 7.92. The van der Waals surface area contributed by atoms with Crippen molar-refractivity contribution in [2.24, 2.45) is 0 Å². The second kappa shape index (κ2) is 6.33. The van der Waals surface area contributed by atoms with Crippen LogP contribution in [-0.4, -0.2) is 25.6 Å². The van der Waals surface area contributed by atoms with Crippen LogP contribution in [0.15, 0.2) is 36.5 Å². The molecular weight excluding hydrogens is 326 g/mol. The van der Waals surface area contributed by atoms with Crippen LogP contribution in [0.1, 0.15) is 15.9 Å². The van der Waals surface area contributed by atoms with Gasteiger partial charge in [-0.15, -0.1) is 0 Å². The molecular formula is C14H14ClN3O3S. The Bertz CT molecular complexity index is 805. The summed E-state index contributed by atoms with van der Waals surface area (Å²) >= 11 is 5.72. The molecule has 0 aliphatic carbocycles. The van der Waals surface area contributed by atoms with Crippen molar-refractivity contribution >= 4 is 39.0 Å². The predicted octanol–water partition coefficient (Wildman–Crippen LogP) is 2.67. The van der Waals surface area contributed by atoms with E-state index in [1.165, 1.54) is 12.3 Å². The third kappa shape index (κ3) is 4.44. The van der Waals surface area contributed by atoms with E-state index in [2.05, 4.69) is 15.0 Å². The Labute approximate surface area is 133 Å². The van der Waals surface area contributed by atoms with Gasteiger partial charge in [-0.05, 0) is 36.8 Å². The number of pyridine rings is 1. The Hall–Kier alpha value is -2.12. The third-order valence-corrected chi connectivity index (χ3v) is 3.58. The molecule has 2 rings (SSSR count). The summed E-state index contributed by atoms with van der Waals surface area (Å²) in [6.45, 7) is 1.75. The molecule has 0 radical (unpaired) electrons. The van der Waals surface area contributed by atoms with Gasteiger partial charge in [0.25, 0.3) is 5.91 Å². The van der Waals surface area contributed by atoms with E-state index in [-0.39, 0.29) is 0 Å². The number of benzene rings is 1. The van der Waals surface area contributed by atoms with Crippen molar-refractivity contribution in [2.45, 2.75) is 6.92 Å². The minimum atomic E-state index is -3.41. The number of anilines is 2. The Balaban J connectivity index is 2.23. The topological polar surface area (TPSA) is 88.2 Å². The standard InChI is InChI=1S/C14H14ClN3O3S/c1-9-3-4-10(7-12(9)18-22(2,20)21)14(19)17-13-6-5-11(15)8-16-13/h3-8,18H,1-2H3,(H,16,17,19). The molecule has 2 N–H and O–H groups in total. The molecule has 0 aliphatic rings. The van der Waals surface area contributed by atoms with Crippen molar-refractivity contribution in [3.05, 3.63) is 52.7 Å². The van der Waals surface area contributed by atoms with Crippen LogP contribution in [0.25, 0.3) is 0 Å². The molecule has 0 saturated carbocycles. The van der Waals surface area contributed by atoms with Gasteiger partial charge in [0.05, 0.1) is 17.0 Å². The average Bonchev–Trinajstić information content (AvgIpc) is 2.42. The van der Waals surface area contributed by atoms with E-state index >= 15 is 0 Å². The molecule has 0 unspecified atom stereocenters. The van der Waals surface area contributed by atoms with Crippen molar-refractivity contribution in [3.63, 3.8) is 0 Å². The second-order valence-corrected chi connectivity index (χ2v) is 6.90. The number of amides is 1. The van der Waals surface area contributed by atoms with Crippen LogP contribution in [0.5, 0.6) is 0 Å². The van der Waals surface area contributed by atoms with E-state index in [1.807, 2.05) is 0 Å². The van der Waals surface area contributed by atoms with Gasteiger partial charge >= 0.3 is 0 Å². The van der Waals surface area contributed by atoms with Gasteiger partial charge in [0.1, 0.15) is 5.82 Å². The Kier molecular flexibility index (Phi) is 4.68. The zero-order valence-electron chi connectivity index (χ0n) is 11.9. The molecule has 0 bridgehead atoms. The first-order valence-electron chi connectivity index (χ1n) is 6.26. The molecule has 8 heteroatoms. The molecule has 6 nitrogen and oxygen atoms in total. The molecule has 0 saturated heterocycles. The van der Waals surface area contributed by atoms with Crippen molar-refractivity contribution in [3.8, 4) is 0 Å². The first-order valence-corrected chi connectivity index (χ1v) is 8.53. The number of hydrogen-bond acceptors (Lipinski definition) is 4. The number of hydrogen-bond donors (Lipinski definition) is 2. The number of carbonyl (C=O) groups excluding carboxylic acids is 1. The molecule has 0 atom stereocenters. The highest BCUT2D eigenvalue weighted by Gasteiger charge is 2.11. The van der Waals surface area contributed by atoms with Crippen LogP contribution in [0.2, 0.25) is 5.02 Å². The van der Waals surface area contributed by atoms with Crippen molar-refractivity contribution in [1.29, 1.82) is 0 Å². The lowest BCUT2D eigenvalue weighted by Crippen LogP contribution is -2.15. The fraction of sp³-hybridized carbons (Fsp3) is 0.143. The number of sulfonamides is 1. The number of aromatic nitrogens is 1. The summed E-state index contributed by atoms with van der Waals surface area (Å²) in [5.41, 5.74) is 1.39. The number of rotatable bonds is 4. The van der Waals surface area contributed by atoms with Gasteiger partial charge in [-0.1, -0.05) is 17.7 Å². The zero-order valence-corrected chi connectivity index (χ0v) is 13.5. The maximum atomic E-state index is 12.2. The molecule has 116 valence electrons. The summed E-state index contributed by atoms with van der Waals surface area (Å²) < 4.78 is 25.0. The molecule has 1 aromatic carbocycles. The fourth-order valence-corrected chi connectivity index (χ4v) is 2.44. The SMILES string of the molecule is Cc1ccc(C(=O)Nc2ccc(Cl)cn2)cc1NS(C)(=O)=O. The summed E-state index contributed by atoms with van der Waals surface area (Å²) in [4.78, 5) is 16.1. The average molecular weight is 340 g/mol. The van der Waals surface area contributed by atoms with Crippen molar-refractivity contribution in [1.82, 2.24) is 4.98 Å². The second-order valence-electron chi connectivity index (χ2n) is 4.72. The molecule has 1 amide bonds. The van der Waals surface area contributed by atoms with Gasteiger partial charge in [-0.2, -0.15) is 0 Å². The number of aryl methyl sites for hydroxylation is 1. The molecule has 0 fully saturated rings. The number of nitrogens with one attached hydrogen (secondary N) is 2. The third-order valence-electron chi connectivity index (χ3n) is 2.76. The summed E-state index contributed by atoms with van der Waals surface area (Å²) in [7, 11) is -3.41. The predicted molar refractivity (Wildman–Crippen MR) is 86.8 cm³/mol. The quantitative estimate of drug-likeness (QED) is 0.896. The summed E-state index contributed by atoms with van der Waals surface area (Å²) in [6.07, 6.45) is 2.47. The first kappa shape index (κ1) is 16.3. The van der Waals surface area contributed by atoms with Crippen LogP contribution in [0, 0.1) is 6.92 Å². The van der Waals surface area contributed by atoms with Crippen LogP contribution in [0.3, 0.4) is 0 Å². The number of carbonyl (C=O) groups is 1. The Morgan fingerprint density at radius 1 is 1.23 bits per heavy atom. The van der Waals surface area contributed by atoms with Gasteiger partial charge < -0.3 is 5.32 Å². The highest BCUT2D eigenvalue weighted by Crippen LogP contribution is 2.19. The summed E-state index contributed by atoms with van der Waals surface area (Å²) in [5, 5.41) is 3.07. The Morgan fingerprint density at radius 3 is 2.55 bits per heavy atom. The first-order chi connectivity index (χ1) is 10.2. The van der Waals surface area contributed by atoms with Crippen molar-refractivity contribution in [2.75, 3.05) is 16.3 Å². The summed E-state index contributed by atoms with van der Waals surface area (Å²) in [5.74, 6) is -0.0426. The Morgan fingerprint density at radius 2 is 1.95 bits per heavy atom. The monoisotopic (exact) mass is 339 g/mol. The largest absolute Gasteiger partial charge is 0.307 e. The normalized spacial score (nSPS) is 11.0. The van der Waals surface area contributed by atoms with E-state index in [9.17, 15) is 13.2 Å². The minimum Gasteiger partial charge on any atom is -0.307 e. The molecule has 2 aromatic rings. The molecule has 0 spiro atoms. The lowest BCUT2D eigenvalue weighted by atomic mass is 10.1. The smallest absolute Gasteiger partial charge is 0.256 e. The van der Waals surface area contributed by atoms with Crippen LogP contribution in [-0.2, 0) is 10.0 Å². The summed E-state index contributed by atoms with van der Waals surface area (Å²) in [6, 6.07) is 7.92. The maximum absolute atomic E-state index is 12.2. The minimum absolute atomic E-state index is 0.313. The van der Waals surface area contributed by atoms with Gasteiger partial charge in [0, 0.05) is 11.8 Å². The number of nitrogens with zero attached hydrogens (tertiary/aromatic N) is 1. The van der Waals surface area contributed by atoms with Crippen LogP contribution >= 0.6 is 11.6 Å². The van der Waals surface area contributed by atoms with Gasteiger partial charge in [0.15, 0.2) is 0 Å². The van der Waals surface area contributed by atoms with E-state index in [4.69, 9.17) is 11.6 Å². The van der Waals surface area contributed by atoms with Crippen molar-refractivity contribution < 1.29 is 13.2 Å². The maximum Gasteiger partial charge on any atom is 0.256 e. The van der Waals surface area contributed by atoms with E-state index in [0.29, 0.717) is 27.7 Å². The van der Waals surface area contributed by atoms with E-state index in [0.717, 1.165) is 6.26 Å². The van der Waals surface area contributed by atoms with E-state index < -0.39 is 15.9 Å². The van der Waals surface area contributed by atoms with Crippen LogP contribution < -0.4 is 10.0 Å².